The van der Waals surface area contributed by atoms with Gasteiger partial charge in [0.25, 0.3) is 0 Å². The summed E-state index contributed by atoms with van der Waals surface area (Å²) in [4.78, 5) is 32.6. The predicted octanol–water partition coefficient (Wildman–Crippen LogP) is 4.23. The minimum Gasteiger partial charge on any atom is -0.338 e. The lowest BCUT2D eigenvalue weighted by Gasteiger charge is -2.18. The second-order valence-electron chi connectivity index (χ2n) is 8.05. The molecule has 1 aromatic heterocycles. The van der Waals surface area contributed by atoms with E-state index in [-0.39, 0.29) is 24.2 Å². The van der Waals surface area contributed by atoms with Gasteiger partial charge in [-0.05, 0) is 41.4 Å². The first-order valence-corrected chi connectivity index (χ1v) is 10.5. The summed E-state index contributed by atoms with van der Waals surface area (Å²) in [7, 11) is 3.69. The summed E-state index contributed by atoms with van der Waals surface area (Å²) in [5.41, 5.74) is 5.09. The molecule has 4 rings (SSSR count). The molecule has 1 aliphatic rings. The lowest BCUT2D eigenvalue weighted by molar-refractivity contribution is -0.125. The van der Waals surface area contributed by atoms with Gasteiger partial charge in [-0.25, -0.2) is 4.98 Å². The van der Waals surface area contributed by atoms with E-state index in [4.69, 9.17) is 0 Å². The number of carbonyl (C=O) groups is 2. The standard InChI is InChI=1S/C26H26N4O2.ClH/c1-29-16-22-14-19(15-27-26(22)28-24(31)18-29)12-13-25(32)30(2)17-21-10-6-7-11-23(21)20-8-4-3-5-9-20;/h3-15H,16-18H2,1-2H3,(H,27,28,31);1H/b13-12+;. The fourth-order valence-electron chi connectivity index (χ4n) is 3.80. The predicted molar refractivity (Wildman–Crippen MR) is 134 cm³/mol. The number of amides is 2. The van der Waals surface area contributed by atoms with Gasteiger partial charge in [0.1, 0.15) is 5.82 Å². The molecule has 170 valence electrons. The molecule has 0 atom stereocenters. The van der Waals surface area contributed by atoms with E-state index in [1.165, 1.54) is 0 Å². The van der Waals surface area contributed by atoms with Gasteiger partial charge in [-0.15, -0.1) is 12.4 Å². The number of nitrogens with zero attached hydrogens (tertiary/aromatic N) is 3. The minimum absolute atomic E-state index is 0. The number of carbonyl (C=O) groups excluding carboxylic acids is 2. The molecule has 0 fully saturated rings. The van der Waals surface area contributed by atoms with Crippen LogP contribution in [0.15, 0.2) is 72.9 Å². The topological polar surface area (TPSA) is 65.5 Å². The first-order valence-electron chi connectivity index (χ1n) is 10.5. The Bertz CT molecular complexity index is 1160. The van der Waals surface area contributed by atoms with E-state index in [1.807, 2.05) is 48.3 Å². The number of anilines is 1. The molecule has 1 aliphatic heterocycles. The maximum atomic E-state index is 12.8. The Morgan fingerprint density at radius 2 is 1.85 bits per heavy atom. The number of likely N-dealkylation sites (N-methyl/N-ethyl adjacent to an activating group) is 2. The molecule has 3 aromatic rings. The van der Waals surface area contributed by atoms with Crippen molar-refractivity contribution in [1.29, 1.82) is 0 Å². The van der Waals surface area contributed by atoms with Gasteiger partial charge in [0.05, 0.1) is 6.54 Å². The van der Waals surface area contributed by atoms with Gasteiger partial charge in [-0.2, -0.15) is 0 Å². The van der Waals surface area contributed by atoms with Crippen molar-refractivity contribution in [3.05, 3.63) is 89.6 Å². The zero-order chi connectivity index (χ0) is 22.5. The molecule has 0 radical (unpaired) electrons. The fraction of sp³-hybridized carbons (Fsp3) is 0.192. The van der Waals surface area contributed by atoms with Crippen molar-refractivity contribution in [3.63, 3.8) is 0 Å². The Labute approximate surface area is 200 Å². The smallest absolute Gasteiger partial charge is 0.246 e. The van der Waals surface area contributed by atoms with Crippen molar-refractivity contribution < 1.29 is 9.59 Å². The number of rotatable bonds is 5. The van der Waals surface area contributed by atoms with Crippen LogP contribution in [0, 0.1) is 0 Å². The molecule has 0 saturated heterocycles. The number of benzene rings is 2. The van der Waals surface area contributed by atoms with Crippen LogP contribution in [-0.4, -0.2) is 47.2 Å². The molecule has 7 heteroatoms. The van der Waals surface area contributed by atoms with E-state index in [0.717, 1.165) is 27.8 Å². The van der Waals surface area contributed by atoms with Crippen molar-refractivity contribution in [1.82, 2.24) is 14.8 Å². The van der Waals surface area contributed by atoms with Crippen LogP contribution in [-0.2, 0) is 22.7 Å². The second kappa shape index (κ2) is 10.9. The van der Waals surface area contributed by atoms with E-state index >= 15 is 0 Å². The molecule has 2 heterocycles. The molecule has 0 aliphatic carbocycles. The van der Waals surface area contributed by atoms with Gasteiger partial charge >= 0.3 is 0 Å². The molecule has 0 unspecified atom stereocenters. The molecule has 33 heavy (non-hydrogen) atoms. The van der Waals surface area contributed by atoms with Crippen LogP contribution in [0.25, 0.3) is 17.2 Å². The van der Waals surface area contributed by atoms with Crippen molar-refractivity contribution in [2.75, 3.05) is 26.0 Å². The monoisotopic (exact) mass is 462 g/mol. The van der Waals surface area contributed by atoms with E-state index < -0.39 is 0 Å². The van der Waals surface area contributed by atoms with Crippen LogP contribution in [0.2, 0.25) is 0 Å². The van der Waals surface area contributed by atoms with Crippen LogP contribution in [0.1, 0.15) is 16.7 Å². The van der Waals surface area contributed by atoms with E-state index in [9.17, 15) is 9.59 Å². The van der Waals surface area contributed by atoms with Gasteiger partial charge in [0.2, 0.25) is 11.8 Å². The Balaban J connectivity index is 0.00000306. The highest BCUT2D eigenvalue weighted by atomic mass is 35.5. The largest absolute Gasteiger partial charge is 0.338 e. The SMILES string of the molecule is CN1CC(=O)Nc2ncc(/C=C/C(=O)N(C)Cc3ccccc3-c3ccccc3)cc2C1.Cl. The fourth-order valence-corrected chi connectivity index (χ4v) is 3.80. The molecule has 0 saturated carbocycles. The quantitative estimate of drug-likeness (QED) is 0.576. The number of fused-ring (bicyclic) bond motifs is 1. The van der Waals surface area contributed by atoms with Gasteiger partial charge in [0, 0.05) is 38.0 Å². The van der Waals surface area contributed by atoms with Crippen LogP contribution in [0.3, 0.4) is 0 Å². The molecular formula is C26H27ClN4O2. The Kier molecular flexibility index (Phi) is 7.98. The average molecular weight is 463 g/mol. The molecule has 0 spiro atoms. The van der Waals surface area contributed by atoms with Crippen molar-refractivity contribution >= 4 is 36.1 Å². The maximum Gasteiger partial charge on any atom is 0.246 e. The van der Waals surface area contributed by atoms with Crippen LogP contribution >= 0.6 is 12.4 Å². The van der Waals surface area contributed by atoms with E-state index in [2.05, 4.69) is 34.6 Å². The number of hydrogen-bond donors (Lipinski definition) is 1. The number of halogens is 1. The lowest BCUT2D eigenvalue weighted by Crippen LogP contribution is -2.26. The lowest BCUT2D eigenvalue weighted by atomic mass is 9.99. The average Bonchev–Trinajstić information content (AvgIpc) is 2.94. The Morgan fingerprint density at radius 3 is 2.64 bits per heavy atom. The molecule has 0 bridgehead atoms. The third kappa shape index (κ3) is 6.06. The summed E-state index contributed by atoms with van der Waals surface area (Å²) in [5, 5.41) is 2.82. The summed E-state index contributed by atoms with van der Waals surface area (Å²) < 4.78 is 0. The van der Waals surface area contributed by atoms with Crippen molar-refractivity contribution in [3.8, 4) is 11.1 Å². The Hall–Kier alpha value is -3.48. The summed E-state index contributed by atoms with van der Waals surface area (Å²) in [5.74, 6) is 0.417. The van der Waals surface area contributed by atoms with Crippen LogP contribution in [0.4, 0.5) is 5.82 Å². The highest BCUT2D eigenvalue weighted by Gasteiger charge is 2.17. The third-order valence-corrected chi connectivity index (χ3v) is 5.40. The summed E-state index contributed by atoms with van der Waals surface area (Å²) in [6, 6.07) is 20.3. The van der Waals surface area contributed by atoms with Gasteiger partial charge in [-0.1, -0.05) is 54.6 Å². The highest BCUT2D eigenvalue weighted by Crippen LogP contribution is 2.24. The first-order chi connectivity index (χ1) is 15.5. The molecular weight excluding hydrogens is 436 g/mol. The van der Waals surface area contributed by atoms with Crippen LogP contribution < -0.4 is 5.32 Å². The normalized spacial score (nSPS) is 13.6. The molecule has 2 amide bonds. The molecule has 2 aromatic carbocycles. The van der Waals surface area contributed by atoms with E-state index in [1.54, 1.807) is 30.3 Å². The zero-order valence-corrected chi connectivity index (χ0v) is 19.5. The van der Waals surface area contributed by atoms with Crippen molar-refractivity contribution in [2.45, 2.75) is 13.1 Å². The maximum absolute atomic E-state index is 12.8. The molecule has 6 nitrogen and oxygen atoms in total. The number of hydrogen-bond acceptors (Lipinski definition) is 4. The minimum atomic E-state index is -0.0896. The van der Waals surface area contributed by atoms with Gasteiger partial charge < -0.3 is 10.2 Å². The van der Waals surface area contributed by atoms with Crippen molar-refractivity contribution in [2.24, 2.45) is 0 Å². The highest BCUT2D eigenvalue weighted by molar-refractivity contribution is 5.93. The number of aromatic nitrogens is 1. The first kappa shape index (κ1) is 24.2. The van der Waals surface area contributed by atoms with Crippen LogP contribution in [0.5, 0.6) is 0 Å². The molecule has 1 N–H and O–H groups in total. The summed E-state index contributed by atoms with van der Waals surface area (Å²) >= 11 is 0. The third-order valence-electron chi connectivity index (χ3n) is 5.40. The number of nitrogens with one attached hydrogen (secondary N) is 1. The summed E-state index contributed by atoms with van der Waals surface area (Å²) in [6.45, 7) is 1.45. The Morgan fingerprint density at radius 1 is 1.12 bits per heavy atom. The summed E-state index contributed by atoms with van der Waals surface area (Å²) in [6.07, 6.45) is 4.99. The zero-order valence-electron chi connectivity index (χ0n) is 18.7. The van der Waals surface area contributed by atoms with E-state index in [0.29, 0.717) is 25.5 Å². The number of pyridine rings is 1. The van der Waals surface area contributed by atoms with Gasteiger partial charge in [0.15, 0.2) is 0 Å². The second-order valence-corrected chi connectivity index (χ2v) is 8.05. The van der Waals surface area contributed by atoms with Gasteiger partial charge in [-0.3, -0.25) is 14.5 Å².